The molecule has 0 bridgehead atoms. The van der Waals surface area contributed by atoms with Gasteiger partial charge >= 0.3 is 0 Å². The summed E-state index contributed by atoms with van der Waals surface area (Å²) in [6, 6.07) is 7.52. The zero-order valence-corrected chi connectivity index (χ0v) is 14.7. The maximum Gasteiger partial charge on any atom is 0.251 e. The predicted molar refractivity (Wildman–Crippen MR) is 95.7 cm³/mol. The van der Waals surface area contributed by atoms with Gasteiger partial charge in [-0.15, -0.1) is 0 Å². The number of aliphatic hydroxyl groups excluding tert-OH is 1. The first-order chi connectivity index (χ1) is 10.8. The third-order valence-corrected chi connectivity index (χ3v) is 4.92. The summed E-state index contributed by atoms with van der Waals surface area (Å²) in [6.45, 7) is 6.34. The number of amidine groups is 1. The number of aliphatic imine (C=N–C) groups is 1. The van der Waals surface area contributed by atoms with Crippen LogP contribution in [0.2, 0.25) is 0 Å². The van der Waals surface area contributed by atoms with Crippen molar-refractivity contribution in [1.82, 2.24) is 5.32 Å². The highest BCUT2D eigenvalue weighted by molar-refractivity contribution is 8.13. The first kappa shape index (κ1) is 17.8. The molecule has 0 saturated heterocycles. The molecule has 1 aliphatic heterocycles. The topological polar surface area (TPSA) is 87.7 Å². The fourth-order valence-corrected chi connectivity index (χ4v) is 3.33. The molecular weight excluding hydrogens is 310 g/mol. The lowest BCUT2D eigenvalue weighted by Gasteiger charge is -2.29. The number of amides is 1. The molecule has 1 amide bonds. The minimum Gasteiger partial charge on any atom is -0.396 e. The Bertz CT molecular complexity index is 598. The third kappa shape index (κ3) is 4.48. The summed E-state index contributed by atoms with van der Waals surface area (Å²) in [7, 11) is 0. The highest BCUT2D eigenvalue weighted by Crippen LogP contribution is 2.34. The molecule has 1 unspecified atom stereocenters. The predicted octanol–water partition coefficient (Wildman–Crippen LogP) is 2.10. The normalized spacial score (nSPS) is 21.7. The van der Waals surface area contributed by atoms with Crippen molar-refractivity contribution < 1.29 is 9.90 Å². The van der Waals surface area contributed by atoms with Crippen LogP contribution >= 0.6 is 11.8 Å². The molecule has 6 heteroatoms. The molecule has 1 aliphatic rings. The van der Waals surface area contributed by atoms with Crippen LogP contribution < -0.4 is 11.1 Å². The fourth-order valence-electron chi connectivity index (χ4n) is 2.35. The van der Waals surface area contributed by atoms with E-state index in [-0.39, 0.29) is 23.5 Å². The molecule has 1 aromatic rings. The van der Waals surface area contributed by atoms with Crippen LogP contribution in [0.4, 0.5) is 0 Å². The van der Waals surface area contributed by atoms with Crippen molar-refractivity contribution in [1.29, 1.82) is 0 Å². The van der Waals surface area contributed by atoms with Gasteiger partial charge in [0.15, 0.2) is 5.17 Å². The van der Waals surface area contributed by atoms with Crippen LogP contribution in [-0.4, -0.2) is 35.1 Å². The lowest BCUT2D eigenvalue weighted by atomic mass is 9.89. The molecule has 0 aromatic heterocycles. The van der Waals surface area contributed by atoms with E-state index in [0.717, 1.165) is 17.7 Å². The van der Waals surface area contributed by atoms with Crippen LogP contribution in [0.5, 0.6) is 0 Å². The number of benzene rings is 1. The molecule has 0 spiro atoms. The van der Waals surface area contributed by atoms with Gasteiger partial charge in [0.2, 0.25) is 0 Å². The smallest absolute Gasteiger partial charge is 0.251 e. The van der Waals surface area contributed by atoms with E-state index in [0.29, 0.717) is 17.3 Å². The van der Waals surface area contributed by atoms with E-state index in [1.165, 1.54) is 0 Å². The number of thioether (sulfide) groups is 1. The Labute approximate surface area is 141 Å². The van der Waals surface area contributed by atoms with Gasteiger partial charge in [-0.1, -0.05) is 37.7 Å². The van der Waals surface area contributed by atoms with Crippen molar-refractivity contribution in [3.05, 3.63) is 35.4 Å². The maximum atomic E-state index is 12.2. The molecule has 2 rings (SSSR count). The van der Waals surface area contributed by atoms with Gasteiger partial charge in [-0.25, -0.2) is 0 Å². The van der Waals surface area contributed by atoms with E-state index in [2.05, 4.69) is 17.2 Å². The molecule has 0 fully saturated rings. The molecule has 0 saturated carbocycles. The van der Waals surface area contributed by atoms with Crippen LogP contribution in [-0.2, 0) is 5.54 Å². The molecule has 1 atom stereocenters. The van der Waals surface area contributed by atoms with Gasteiger partial charge < -0.3 is 16.2 Å². The van der Waals surface area contributed by atoms with Gasteiger partial charge in [-0.05, 0) is 31.0 Å². The Kier molecular flexibility index (Phi) is 5.37. The van der Waals surface area contributed by atoms with E-state index < -0.39 is 0 Å². The second-order valence-corrected chi connectivity index (χ2v) is 8.02. The van der Waals surface area contributed by atoms with Crippen LogP contribution in [0.1, 0.15) is 43.1 Å². The van der Waals surface area contributed by atoms with E-state index in [1.54, 1.807) is 11.8 Å². The van der Waals surface area contributed by atoms with Crippen molar-refractivity contribution in [2.45, 2.75) is 32.7 Å². The standard InChI is InChI=1S/C17H25N3O2S/c1-16(2,11-21)10-19-14(22)12-4-6-13(7-5-12)17(3)8-9-23-15(18)20-17/h4-7,21H,8-11H2,1-3H3,(H2,18,20)(H,19,22). The summed E-state index contributed by atoms with van der Waals surface area (Å²) in [4.78, 5) is 16.8. The second-order valence-electron chi connectivity index (χ2n) is 6.90. The number of carbonyl (C=O) groups is 1. The van der Waals surface area contributed by atoms with E-state index in [1.807, 2.05) is 38.1 Å². The summed E-state index contributed by atoms with van der Waals surface area (Å²) >= 11 is 1.58. The lowest BCUT2D eigenvalue weighted by molar-refractivity contribution is 0.0911. The summed E-state index contributed by atoms with van der Waals surface area (Å²) in [5.74, 6) is 0.815. The molecule has 0 aliphatic carbocycles. The van der Waals surface area contributed by atoms with E-state index >= 15 is 0 Å². The third-order valence-electron chi connectivity index (χ3n) is 4.12. The molecule has 0 radical (unpaired) electrons. The zero-order valence-electron chi connectivity index (χ0n) is 13.9. The van der Waals surface area contributed by atoms with Gasteiger partial charge in [-0.2, -0.15) is 0 Å². The minimum atomic E-state index is -0.324. The Hall–Kier alpha value is -1.53. The van der Waals surface area contributed by atoms with Gasteiger partial charge in [0.1, 0.15) is 0 Å². The molecule has 4 N–H and O–H groups in total. The number of carbonyl (C=O) groups excluding carboxylic acids is 1. The van der Waals surface area contributed by atoms with E-state index in [9.17, 15) is 9.90 Å². The van der Waals surface area contributed by atoms with Gasteiger partial charge in [-0.3, -0.25) is 9.79 Å². The first-order valence-corrected chi connectivity index (χ1v) is 8.72. The van der Waals surface area contributed by atoms with Crippen molar-refractivity contribution in [3.63, 3.8) is 0 Å². The number of nitrogens with two attached hydrogens (primary N) is 1. The lowest BCUT2D eigenvalue weighted by Crippen LogP contribution is -2.36. The number of hydrogen-bond donors (Lipinski definition) is 3. The average molecular weight is 335 g/mol. The Balaban J connectivity index is 2.07. The fraction of sp³-hybridized carbons (Fsp3) is 0.529. The molecule has 5 nitrogen and oxygen atoms in total. The van der Waals surface area contributed by atoms with Gasteiger partial charge in [0.25, 0.3) is 5.91 Å². The quantitative estimate of drug-likeness (QED) is 0.769. The van der Waals surface area contributed by atoms with Crippen molar-refractivity contribution >= 4 is 22.8 Å². The molecular formula is C17H25N3O2S. The molecule has 1 heterocycles. The monoisotopic (exact) mass is 335 g/mol. The summed E-state index contributed by atoms with van der Waals surface area (Å²) in [5.41, 5.74) is 6.87. The second kappa shape index (κ2) is 6.93. The van der Waals surface area contributed by atoms with E-state index in [4.69, 9.17) is 5.73 Å². The van der Waals surface area contributed by atoms with Crippen LogP contribution in [0.15, 0.2) is 29.3 Å². The number of nitrogens with one attached hydrogen (secondary N) is 1. The van der Waals surface area contributed by atoms with Crippen LogP contribution in [0.3, 0.4) is 0 Å². The van der Waals surface area contributed by atoms with Crippen LogP contribution in [0.25, 0.3) is 0 Å². The highest BCUT2D eigenvalue weighted by Gasteiger charge is 2.29. The largest absolute Gasteiger partial charge is 0.396 e. The summed E-state index contributed by atoms with van der Waals surface area (Å²) < 4.78 is 0. The number of aliphatic hydroxyl groups is 1. The van der Waals surface area contributed by atoms with Crippen molar-refractivity contribution in [2.24, 2.45) is 16.1 Å². The van der Waals surface area contributed by atoms with Crippen molar-refractivity contribution in [2.75, 3.05) is 18.9 Å². The Morgan fingerprint density at radius 2 is 2.09 bits per heavy atom. The number of hydrogen-bond acceptors (Lipinski definition) is 5. The molecule has 23 heavy (non-hydrogen) atoms. The summed E-state index contributed by atoms with van der Waals surface area (Å²) in [5, 5.41) is 12.7. The average Bonchev–Trinajstić information content (AvgIpc) is 2.52. The summed E-state index contributed by atoms with van der Waals surface area (Å²) in [6.07, 6.45) is 0.925. The van der Waals surface area contributed by atoms with Crippen LogP contribution in [0, 0.1) is 5.41 Å². The van der Waals surface area contributed by atoms with Gasteiger partial charge in [0, 0.05) is 29.9 Å². The van der Waals surface area contributed by atoms with Crippen molar-refractivity contribution in [3.8, 4) is 0 Å². The zero-order chi connectivity index (χ0) is 17.1. The number of nitrogens with zero attached hydrogens (tertiary/aromatic N) is 1. The molecule has 1 aromatic carbocycles. The minimum absolute atomic E-state index is 0.0298. The SMILES string of the molecule is CC(C)(CO)CNC(=O)c1ccc(C2(C)CCSC(N)=N2)cc1. The highest BCUT2D eigenvalue weighted by atomic mass is 32.2. The molecule has 126 valence electrons. The van der Waals surface area contributed by atoms with Gasteiger partial charge in [0.05, 0.1) is 5.54 Å². The number of rotatable bonds is 5. The maximum absolute atomic E-state index is 12.2. The first-order valence-electron chi connectivity index (χ1n) is 7.73. The Morgan fingerprint density at radius 1 is 1.43 bits per heavy atom. The Morgan fingerprint density at radius 3 is 2.65 bits per heavy atom.